The number of aliphatic hydroxyl groups is 1. The Balaban J connectivity index is 2.07. The minimum Gasteiger partial charge on any atom is -0.512 e. The number of rotatable bonds is 1. The van der Waals surface area contributed by atoms with E-state index in [9.17, 15) is 14.7 Å². The lowest BCUT2D eigenvalue weighted by molar-refractivity contribution is -0.119. The van der Waals surface area contributed by atoms with E-state index in [2.05, 4.69) is 0 Å². The molecule has 1 heterocycles. The lowest BCUT2D eigenvalue weighted by Crippen LogP contribution is -2.28. The average Bonchev–Trinajstić information content (AvgIpc) is 2.65. The summed E-state index contributed by atoms with van der Waals surface area (Å²) in [6.07, 6.45) is 0.00898. The topological polar surface area (TPSA) is 63.6 Å². The number of hydrogen-bond acceptors (Lipinski definition) is 4. The van der Waals surface area contributed by atoms with Crippen LogP contribution in [0.3, 0.4) is 0 Å². The molecule has 1 N–H and O–H groups in total. The number of hydrogen-bond donors (Lipinski definition) is 1. The van der Waals surface area contributed by atoms with E-state index in [-0.39, 0.29) is 22.5 Å². The summed E-state index contributed by atoms with van der Waals surface area (Å²) >= 11 is 0. The van der Waals surface area contributed by atoms with E-state index in [0.717, 1.165) is 0 Å². The smallest absolute Gasteiger partial charge is 0.339 e. The van der Waals surface area contributed by atoms with Crippen molar-refractivity contribution in [1.82, 2.24) is 0 Å². The van der Waals surface area contributed by atoms with Crippen LogP contribution in [0.4, 0.5) is 0 Å². The fourth-order valence-corrected chi connectivity index (χ4v) is 2.96. The number of esters is 1. The maximum Gasteiger partial charge on any atom is 0.339 e. The van der Waals surface area contributed by atoms with Crippen molar-refractivity contribution in [2.75, 3.05) is 0 Å². The van der Waals surface area contributed by atoms with Crippen LogP contribution in [0.15, 0.2) is 35.6 Å². The zero-order valence-electron chi connectivity index (χ0n) is 11.5. The molecule has 0 amide bonds. The Labute approximate surface area is 117 Å². The first-order chi connectivity index (χ1) is 9.39. The van der Waals surface area contributed by atoms with Gasteiger partial charge in [0.2, 0.25) is 0 Å². The summed E-state index contributed by atoms with van der Waals surface area (Å²) in [5.74, 6) is -0.544. The van der Waals surface area contributed by atoms with Crippen molar-refractivity contribution in [3.63, 3.8) is 0 Å². The van der Waals surface area contributed by atoms with Crippen molar-refractivity contribution in [3.8, 4) is 0 Å². The summed E-state index contributed by atoms with van der Waals surface area (Å²) in [7, 11) is 0. The Kier molecular flexibility index (Phi) is 2.71. The van der Waals surface area contributed by atoms with Crippen LogP contribution in [0.2, 0.25) is 0 Å². The third-order valence-electron chi connectivity index (χ3n) is 3.85. The fraction of sp³-hybridized carbons (Fsp3) is 0.375. The molecule has 104 valence electrons. The van der Waals surface area contributed by atoms with Gasteiger partial charge in [-0.25, -0.2) is 4.79 Å². The molecule has 0 spiro atoms. The van der Waals surface area contributed by atoms with Crippen molar-refractivity contribution >= 4 is 11.8 Å². The monoisotopic (exact) mass is 272 g/mol. The van der Waals surface area contributed by atoms with Crippen molar-refractivity contribution in [1.29, 1.82) is 0 Å². The van der Waals surface area contributed by atoms with Gasteiger partial charge in [-0.2, -0.15) is 0 Å². The summed E-state index contributed by atoms with van der Waals surface area (Å²) in [4.78, 5) is 24.1. The van der Waals surface area contributed by atoms with Crippen LogP contribution >= 0.6 is 0 Å². The quantitative estimate of drug-likeness (QED) is 0.798. The highest BCUT2D eigenvalue weighted by Crippen LogP contribution is 2.44. The average molecular weight is 272 g/mol. The maximum atomic E-state index is 12.3. The molecule has 0 unspecified atom stereocenters. The predicted octanol–water partition coefficient (Wildman–Crippen LogP) is 3.10. The molecular weight excluding hydrogens is 256 g/mol. The summed E-state index contributed by atoms with van der Waals surface area (Å²) in [6.45, 7) is 3.87. The number of ether oxygens (including phenoxy) is 1. The second kappa shape index (κ2) is 4.20. The number of carbonyl (C=O) groups excluding carboxylic acids is 2. The molecule has 0 aromatic heterocycles. The molecule has 1 atom stereocenters. The molecule has 0 saturated carbocycles. The number of benzene rings is 1. The van der Waals surface area contributed by atoms with Gasteiger partial charge in [-0.05, 0) is 11.5 Å². The van der Waals surface area contributed by atoms with Crippen LogP contribution in [0.1, 0.15) is 48.7 Å². The minimum atomic E-state index is -0.762. The molecule has 1 aliphatic carbocycles. The molecule has 2 aliphatic rings. The van der Waals surface area contributed by atoms with E-state index < -0.39 is 12.1 Å². The maximum absolute atomic E-state index is 12.3. The molecule has 3 rings (SSSR count). The van der Waals surface area contributed by atoms with Gasteiger partial charge in [-0.3, -0.25) is 4.79 Å². The summed E-state index contributed by atoms with van der Waals surface area (Å²) in [6, 6.07) is 6.98. The van der Waals surface area contributed by atoms with Crippen LogP contribution in [0, 0.1) is 5.41 Å². The van der Waals surface area contributed by atoms with Gasteiger partial charge in [0.25, 0.3) is 0 Å². The number of aliphatic hydroxyl groups excluding tert-OH is 1. The molecule has 0 bridgehead atoms. The van der Waals surface area contributed by atoms with Gasteiger partial charge < -0.3 is 9.84 Å². The van der Waals surface area contributed by atoms with E-state index in [1.54, 1.807) is 24.3 Å². The third kappa shape index (κ3) is 1.92. The van der Waals surface area contributed by atoms with Crippen LogP contribution in [0.5, 0.6) is 0 Å². The van der Waals surface area contributed by atoms with Crippen LogP contribution in [-0.2, 0) is 9.53 Å². The first-order valence-electron chi connectivity index (χ1n) is 6.64. The van der Waals surface area contributed by atoms with Gasteiger partial charge in [-0.1, -0.05) is 32.0 Å². The number of carbonyl (C=O) groups is 2. The molecule has 1 aromatic carbocycles. The molecule has 4 heteroatoms. The Morgan fingerprint density at radius 1 is 1.20 bits per heavy atom. The number of allylic oxidation sites excluding steroid dienone is 1. The van der Waals surface area contributed by atoms with Crippen molar-refractivity contribution in [2.24, 2.45) is 5.41 Å². The molecular formula is C16H16O4. The minimum absolute atomic E-state index is 0.0424. The largest absolute Gasteiger partial charge is 0.512 e. The first-order valence-corrected chi connectivity index (χ1v) is 6.64. The molecule has 20 heavy (non-hydrogen) atoms. The molecule has 1 aliphatic heterocycles. The highest BCUT2D eigenvalue weighted by molar-refractivity contribution is 6.02. The molecule has 0 saturated heterocycles. The lowest BCUT2D eigenvalue weighted by atomic mass is 9.75. The first kappa shape index (κ1) is 12.9. The van der Waals surface area contributed by atoms with E-state index in [0.29, 0.717) is 24.0 Å². The number of ketones is 1. The number of Topliss-reactive ketones (excluding diaryl/α,β-unsaturated/α-hetero) is 1. The van der Waals surface area contributed by atoms with Crippen molar-refractivity contribution in [3.05, 3.63) is 46.7 Å². The highest BCUT2D eigenvalue weighted by Gasteiger charge is 2.42. The van der Waals surface area contributed by atoms with E-state index in [4.69, 9.17) is 4.74 Å². The van der Waals surface area contributed by atoms with E-state index in [1.165, 1.54) is 0 Å². The third-order valence-corrected chi connectivity index (χ3v) is 3.85. The Morgan fingerprint density at radius 3 is 2.60 bits per heavy atom. The second-order valence-corrected chi connectivity index (χ2v) is 6.17. The predicted molar refractivity (Wildman–Crippen MR) is 72.3 cm³/mol. The molecule has 0 fully saturated rings. The van der Waals surface area contributed by atoms with Crippen molar-refractivity contribution < 1.29 is 19.4 Å². The fourth-order valence-electron chi connectivity index (χ4n) is 2.96. The Hall–Kier alpha value is -2.10. The summed E-state index contributed by atoms with van der Waals surface area (Å²) < 4.78 is 5.30. The molecule has 0 radical (unpaired) electrons. The van der Waals surface area contributed by atoms with Crippen molar-refractivity contribution in [2.45, 2.75) is 32.8 Å². The Bertz CT molecular complexity index is 640. The van der Waals surface area contributed by atoms with Gasteiger partial charge in [0.15, 0.2) is 11.9 Å². The standard InChI is InChI=1S/C16H16O4/c1-16(2)7-11(17)13(12(18)8-16)14-9-5-3-4-6-10(9)15(19)20-14/h3-6,14,17H,7-8H2,1-2H3/t14-/m1/s1. The lowest BCUT2D eigenvalue weighted by Gasteiger charge is -2.31. The normalized spacial score (nSPS) is 24.6. The molecule has 1 aromatic rings. The van der Waals surface area contributed by atoms with E-state index in [1.807, 2.05) is 13.8 Å². The summed E-state index contributed by atoms with van der Waals surface area (Å²) in [5, 5.41) is 10.2. The van der Waals surface area contributed by atoms with Gasteiger partial charge in [0.05, 0.1) is 11.1 Å². The number of fused-ring (bicyclic) bond motifs is 1. The SMILES string of the molecule is CC1(C)CC(=O)C([C@@H]2OC(=O)c3ccccc32)=C(O)C1. The zero-order valence-corrected chi connectivity index (χ0v) is 11.5. The second-order valence-electron chi connectivity index (χ2n) is 6.17. The van der Waals surface area contributed by atoms with E-state index >= 15 is 0 Å². The van der Waals surface area contributed by atoms with Gasteiger partial charge in [0, 0.05) is 18.4 Å². The van der Waals surface area contributed by atoms with Gasteiger partial charge >= 0.3 is 5.97 Å². The zero-order chi connectivity index (χ0) is 14.5. The number of cyclic esters (lactones) is 1. The highest BCUT2D eigenvalue weighted by atomic mass is 16.5. The van der Waals surface area contributed by atoms with Gasteiger partial charge in [-0.15, -0.1) is 0 Å². The molecule has 4 nitrogen and oxygen atoms in total. The summed E-state index contributed by atoms with van der Waals surface area (Å²) in [5.41, 5.74) is 1.11. The van der Waals surface area contributed by atoms with Crippen LogP contribution in [0.25, 0.3) is 0 Å². The Morgan fingerprint density at radius 2 is 1.90 bits per heavy atom. The van der Waals surface area contributed by atoms with Crippen LogP contribution < -0.4 is 0 Å². The van der Waals surface area contributed by atoms with Gasteiger partial charge in [0.1, 0.15) is 5.76 Å². The van der Waals surface area contributed by atoms with Crippen LogP contribution in [-0.4, -0.2) is 16.9 Å².